The highest BCUT2D eigenvalue weighted by molar-refractivity contribution is 5.58. The van der Waals surface area contributed by atoms with Crippen molar-refractivity contribution in [3.8, 4) is 11.5 Å². The molecule has 1 aromatic rings. The second-order valence-electron chi connectivity index (χ2n) is 3.23. The highest BCUT2D eigenvalue weighted by Crippen LogP contribution is 2.36. The third kappa shape index (κ3) is 1.84. The lowest BCUT2D eigenvalue weighted by Crippen LogP contribution is -2.02. The van der Waals surface area contributed by atoms with Crippen molar-refractivity contribution in [1.29, 1.82) is 0 Å². The van der Waals surface area contributed by atoms with E-state index in [0.717, 1.165) is 0 Å². The smallest absolute Gasteiger partial charge is 0.187 e. The lowest BCUT2D eigenvalue weighted by Gasteiger charge is -2.15. The number of methoxy groups -OCH3 is 1. The molecule has 15 heavy (non-hydrogen) atoms. The molecular weight excluding hydrogens is 198 g/mol. The topological polar surface area (TPSA) is 73.9 Å². The highest BCUT2D eigenvalue weighted by Gasteiger charge is 2.23. The lowest BCUT2D eigenvalue weighted by molar-refractivity contribution is -0.0454. The molecule has 0 aromatic heterocycles. The molecule has 2 rings (SSSR count). The average molecular weight is 211 g/mol. The number of hydrogen-bond acceptors (Lipinski definition) is 5. The van der Waals surface area contributed by atoms with Gasteiger partial charge in [0.05, 0.1) is 31.6 Å². The monoisotopic (exact) mass is 211 g/mol. The summed E-state index contributed by atoms with van der Waals surface area (Å²) in [6.07, 6.45) is -0.456. The summed E-state index contributed by atoms with van der Waals surface area (Å²) in [4.78, 5) is 0. The number of phenols is 1. The van der Waals surface area contributed by atoms with Crippen LogP contribution < -0.4 is 10.5 Å². The van der Waals surface area contributed by atoms with Crippen molar-refractivity contribution >= 4 is 5.69 Å². The van der Waals surface area contributed by atoms with Crippen LogP contribution in [0.4, 0.5) is 5.69 Å². The third-order valence-corrected chi connectivity index (χ3v) is 2.25. The van der Waals surface area contributed by atoms with E-state index >= 15 is 0 Å². The van der Waals surface area contributed by atoms with Crippen LogP contribution in [-0.2, 0) is 9.47 Å². The van der Waals surface area contributed by atoms with Crippen LogP contribution in [0.15, 0.2) is 12.1 Å². The normalized spacial score (nSPS) is 16.9. The van der Waals surface area contributed by atoms with Crippen molar-refractivity contribution in [1.82, 2.24) is 0 Å². The van der Waals surface area contributed by atoms with Gasteiger partial charge in [-0.05, 0) is 6.07 Å². The Morgan fingerprint density at radius 2 is 2.07 bits per heavy atom. The first-order valence-electron chi connectivity index (χ1n) is 4.62. The summed E-state index contributed by atoms with van der Waals surface area (Å²) in [5.74, 6) is 0.502. The number of nitrogens with two attached hydrogens (primary N) is 1. The van der Waals surface area contributed by atoms with Crippen LogP contribution >= 0.6 is 0 Å². The summed E-state index contributed by atoms with van der Waals surface area (Å²) < 4.78 is 15.8. The van der Waals surface area contributed by atoms with E-state index in [9.17, 15) is 5.11 Å². The summed E-state index contributed by atoms with van der Waals surface area (Å²) in [6.45, 7) is 1.10. The quantitative estimate of drug-likeness (QED) is 0.564. The maximum Gasteiger partial charge on any atom is 0.187 e. The van der Waals surface area contributed by atoms with Crippen molar-refractivity contribution in [3.05, 3.63) is 17.7 Å². The summed E-state index contributed by atoms with van der Waals surface area (Å²) in [5, 5.41) is 9.41. The molecule has 1 aromatic carbocycles. The number of rotatable bonds is 2. The van der Waals surface area contributed by atoms with E-state index in [1.54, 1.807) is 6.07 Å². The molecule has 1 fully saturated rings. The Hall–Kier alpha value is -1.46. The maximum absolute atomic E-state index is 9.41. The Labute approximate surface area is 87.4 Å². The van der Waals surface area contributed by atoms with Gasteiger partial charge >= 0.3 is 0 Å². The van der Waals surface area contributed by atoms with E-state index in [0.29, 0.717) is 24.5 Å². The molecule has 1 aliphatic rings. The van der Waals surface area contributed by atoms with Crippen LogP contribution in [0.2, 0.25) is 0 Å². The van der Waals surface area contributed by atoms with E-state index < -0.39 is 6.29 Å². The van der Waals surface area contributed by atoms with Crippen molar-refractivity contribution in [2.24, 2.45) is 0 Å². The minimum absolute atomic E-state index is 0.00593. The summed E-state index contributed by atoms with van der Waals surface area (Å²) in [7, 11) is 1.52. The molecule has 3 N–H and O–H groups in total. The average Bonchev–Trinajstić information content (AvgIpc) is 2.74. The second kappa shape index (κ2) is 3.96. The van der Waals surface area contributed by atoms with E-state index in [4.69, 9.17) is 19.9 Å². The van der Waals surface area contributed by atoms with Crippen LogP contribution in [-0.4, -0.2) is 25.4 Å². The molecule has 1 heterocycles. The van der Waals surface area contributed by atoms with Gasteiger partial charge in [-0.25, -0.2) is 0 Å². The Morgan fingerprint density at radius 1 is 1.40 bits per heavy atom. The van der Waals surface area contributed by atoms with Gasteiger partial charge in [0, 0.05) is 6.07 Å². The second-order valence-corrected chi connectivity index (χ2v) is 3.23. The van der Waals surface area contributed by atoms with Gasteiger partial charge in [0.15, 0.2) is 6.29 Å². The third-order valence-electron chi connectivity index (χ3n) is 2.25. The Balaban J connectivity index is 2.39. The van der Waals surface area contributed by atoms with Crippen molar-refractivity contribution in [2.75, 3.05) is 26.1 Å². The molecule has 0 bridgehead atoms. The molecule has 1 saturated heterocycles. The molecule has 0 amide bonds. The van der Waals surface area contributed by atoms with Crippen molar-refractivity contribution in [2.45, 2.75) is 6.29 Å². The molecule has 1 aliphatic heterocycles. The van der Waals surface area contributed by atoms with Gasteiger partial charge in [0.2, 0.25) is 0 Å². The molecule has 0 spiro atoms. The van der Waals surface area contributed by atoms with Crippen LogP contribution in [0.5, 0.6) is 11.5 Å². The van der Waals surface area contributed by atoms with Crippen LogP contribution in [0.3, 0.4) is 0 Å². The van der Waals surface area contributed by atoms with Crippen LogP contribution in [0, 0.1) is 0 Å². The predicted molar refractivity (Wildman–Crippen MR) is 53.7 cm³/mol. The zero-order chi connectivity index (χ0) is 10.8. The van der Waals surface area contributed by atoms with Gasteiger partial charge in [0.25, 0.3) is 0 Å². The first-order valence-corrected chi connectivity index (χ1v) is 4.62. The fourth-order valence-corrected chi connectivity index (χ4v) is 1.50. The lowest BCUT2D eigenvalue weighted by atomic mass is 10.1. The number of phenolic OH excluding ortho intramolecular Hbond substituents is 1. The Kier molecular flexibility index (Phi) is 2.66. The maximum atomic E-state index is 9.41. The first-order chi connectivity index (χ1) is 7.22. The zero-order valence-electron chi connectivity index (χ0n) is 8.40. The summed E-state index contributed by atoms with van der Waals surface area (Å²) in [6, 6.07) is 3.06. The van der Waals surface area contributed by atoms with Crippen molar-refractivity contribution in [3.63, 3.8) is 0 Å². The summed E-state index contributed by atoms with van der Waals surface area (Å²) >= 11 is 0. The molecule has 0 unspecified atom stereocenters. The molecule has 82 valence electrons. The van der Waals surface area contributed by atoms with Crippen molar-refractivity contribution < 1.29 is 19.3 Å². The van der Waals surface area contributed by atoms with Gasteiger partial charge in [-0.15, -0.1) is 0 Å². The number of ether oxygens (including phenoxy) is 3. The Morgan fingerprint density at radius 3 is 2.67 bits per heavy atom. The Bertz CT molecular complexity index is 361. The SMILES string of the molecule is COc1cc(O)c(N)cc1C1OCCO1. The van der Waals surface area contributed by atoms with E-state index in [1.807, 2.05) is 0 Å². The predicted octanol–water partition coefficient (Wildman–Crippen LogP) is 1.03. The standard InChI is InChI=1S/C10H13NO4/c1-13-9-5-8(12)7(11)4-6(9)10-14-2-3-15-10/h4-5,10,12H,2-3,11H2,1H3. The minimum atomic E-state index is -0.456. The largest absolute Gasteiger partial charge is 0.506 e. The van der Waals surface area contributed by atoms with Gasteiger partial charge in [-0.3, -0.25) is 0 Å². The van der Waals surface area contributed by atoms with Crippen LogP contribution in [0.25, 0.3) is 0 Å². The molecule has 0 saturated carbocycles. The number of hydrogen-bond donors (Lipinski definition) is 2. The fourth-order valence-electron chi connectivity index (χ4n) is 1.50. The minimum Gasteiger partial charge on any atom is -0.506 e. The molecule has 0 atom stereocenters. The number of benzene rings is 1. The van der Waals surface area contributed by atoms with E-state index in [1.165, 1.54) is 13.2 Å². The van der Waals surface area contributed by atoms with Gasteiger partial charge < -0.3 is 25.1 Å². The molecular formula is C10H13NO4. The highest BCUT2D eigenvalue weighted by atomic mass is 16.7. The molecule has 0 aliphatic carbocycles. The molecule has 0 radical (unpaired) electrons. The molecule has 5 heteroatoms. The number of aromatic hydroxyl groups is 1. The fraction of sp³-hybridized carbons (Fsp3) is 0.400. The summed E-state index contributed by atoms with van der Waals surface area (Å²) in [5.41, 5.74) is 6.58. The van der Waals surface area contributed by atoms with Gasteiger partial charge in [0.1, 0.15) is 11.5 Å². The first kappa shape index (κ1) is 10.1. The zero-order valence-corrected chi connectivity index (χ0v) is 8.40. The number of anilines is 1. The van der Waals surface area contributed by atoms with E-state index in [2.05, 4.69) is 0 Å². The van der Waals surface area contributed by atoms with Gasteiger partial charge in [-0.1, -0.05) is 0 Å². The number of nitrogen functional groups attached to an aromatic ring is 1. The van der Waals surface area contributed by atoms with Crippen LogP contribution in [0.1, 0.15) is 11.9 Å². The molecule has 5 nitrogen and oxygen atoms in total. The van der Waals surface area contributed by atoms with Gasteiger partial charge in [-0.2, -0.15) is 0 Å². The van der Waals surface area contributed by atoms with E-state index in [-0.39, 0.29) is 11.4 Å².